The van der Waals surface area contributed by atoms with Crippen LogP contribution in [0.2, 0.25) is 5.02 Å². The van der Waals surface area contributed by atoms with E-state index < -0.39 is 5.82 Å². The van der Waals surface area contributed by atoms with Crippen LogP contribution in [0.1, 0.15) is 0 Å². The fourth-order valence-electron chi connectivity index (χ4n) is 2.17. The van der Waals surface area contributed by atoms with Gasteiger partial charge < -0.3 is 5.73 Å². The number of benzene rings is 2. The topological polar surface area (TPSA) is 38.9 Å². The number of nitrogen functional groups attached to an aromatic ring is 1. The first-order valence-corrected chi connectivity index (χ1v) is 6.12. The molecule has 0 atom stereocenters. The van der Waals surface area contributed by atoms with Gasteiger partial charge in [-0.25, -0.2) is 4.39 Å². The number of pyridine rings is 1. The summed E-state index contributed by atoms with van der Waals surface area (Å²) in [5, 5.41) is 2.16. The Morgan fingerprint density at radius 2 is 1.95 bits per heavy atom. The van der Waals surface area contributed by atoms with Crippen LogP contribution in [0.15, 0.2) is 48.8 Å². The third kappa shape index (κ3) is 2.02. The molecule has 2 nitrogen and oxygen atoms in total. The van der Waals surface area contributed by atoms with Gasteiger partial charge in [0.2, 0.25) is 0 Å². The van der Waals surface area contributed by atoms with Crippen molar-refractivity contribution in [1.29, 1.82) is 0 Å². The van der Waals surface area contributed by atoms with Crippen molar-refractivity contribution in [2.24, 2.45) is 0 Å². The first-order valence-electron chi connectivity index (χ1n) is 5.74. The van der Waals surface area contributed by atoms with E-state index in [-0.39, 0.29) is 5.02 Å². The predicted octanol–water partition coefficient (Wildman–Crippen LogP) is 4.28. The highest BCUT2D eigenvalue weighted by molar-refractivity contribution is 6.33. The van der Waals surface area contributed by atoms with Crippen molar-refractivity contribution in [1.82, 2.24) is 4.98 Å². The van der Waals surface area contributed by atoms with Crippen LogP contribution in [-0.2, 0) is 0 Å². The largest absolute Gasteiger partial charge is 0.397 e. The van der Waals surface area contributed by atoms with Gasteiger partial charge in [0.05, 0.1) is 10.7 Å². The van der Waals surface area contributed by atoms with Crippen LogP contribution in [0.5, 0.6) is 0 Å². The molecule has 0 spiro atoms. The highest BCUT2D eigenvalue weighted by atomic mass is 35.5. The van der Waals surface area contributed by atoms with Gasteiger partial charge in [0.15, 0.2) is 0 Å². The first-order chi connectivity index (χ1) is 9.16. The van der Waals surface area contributed by atoms with Crippen molar-refractivity contribution >= 4 is 28.1 Å². The number of halogens is 2. The number of aromatic nitrogens is 1. The Labute approximate surface area is 114 Å². The van der Waals surface area contributed by atoms with Crippen LogP contribution < -0.4 is 5.73 Å². The molecular formula is C15H10ClFN2. The van der Waals surface area contributed by atoms with Gasteiger partial charge in [-0.05, 0) is 29.1 Å². The molecule has 3 aromatic rings. The Morgan fingerprint density at radius 1 is 1.11 bits per heavy atom. The standard InChI is InChI=1S/C15H10ClFN2/c16-14-7-10(17)6-13(15(14)18)12-3-1-2-9-8-19-5-4-11(9)12/h1-8H,18H2. The van der Waals surface area contributed by atoms with Gasteiger partial charge in [-0.2, -0.15) is 0 Å². The molecule has 19 heavy (non-hydrogen) atoms. The Kier molecular flexibility index (Phi) is 2.84. The summed E-state index contributed by atoms with van der Waals surface area (Å²) >= 11 is 5.94. The van der Waals surface area contributed by atoms with Gasteiger partial charge in [-0.1, -0.05) is 29.8 Å². The van der Waals surface area contributed by atoms with Gasteiger partial charge in [0, 0.05) is 23.3 Å². The SMILES string of the molecule is Nc1c(Cl)cc(F)cc1-c1cccc2cnccc12. The minimum atomic E-state index is -0.403. The van der Waals surface area contributed by atoms with E-state index in [1.807, 2.05) is 24.3 Å². The third-order valence-corrected chi connectivity index (χ3v) is 3.38. The molecule has 0 unspecified atom stereocenters. The van der Waals surface area contributed by atoms with Crippen LogP contribution in [-0.4, -0.2) is 4.98 Å². The smallest absolute Gasteiger partial charge is 0.125 e. The predicted molar refractivity (Wildman–Crippen MR) is 76.6 cm³/mol. The van der Waals surface area contributed by atoms with E-state index in [0.29, 0.717) is 11.3 Å². The lowest BCUT2D eigenvalue weighted by atomic mass is 9.98. The molecule has 0 radical (unpaired) electrons. The second-order valence-corrected chi connectivity index (χ2v) is 4.66. The maximum Gasteiger partial charge on any atom is 0.125 e. The molecule has 0 aliphatic carbocycles. The second kappa shape index (κ2) is 4.52. The summed E-state index contributed by atoms with van der Waals surface area (Å²) < 4.78 is 13.5. The Morgan fingerprint density at radius 3 is 2.79 bits per heavy atom. The molecule has 1 aromatic heterocycles. The zero-order valence-electron chi connectivity index (χ0n) is 9.90. The van der Waals surface area contributed by atoms with Gasteiger partial charge in [0.1, 0.15) is 5.82 Å². The van der Waals surface area contributed by atoms with E-state index in [1.54, 1.807) is 12.4 Å². The molecule has 94 valence electrons. The van der Waals surface area contributed by atoms with Gasteiger partial charge in [0.25, 0.3) is 0 Å². The summed E-state index contributed by atoms with van der Waals surface area (Å²) in [6.45, 7) is 0. The van der Waals surface area contributed by atoms with E-state index in [0.717, 1.165) is 16.3 Å². The molecule has 3 rings (SSSR count). The molecule has 0 amide bonds. The number of fused-ring (bicyclic) bond motifs is 1. The highest BCUT2D eigenvalue weighted by Gasteiger charge is 2.11. The molecular weight excluding hydrogens is 263 g/mol. The summed E-state index contributed by atoms with van der Waals surface area (Å²) in [6.07, 6.45) is 3.46. The number of nitrogens with zero attached hydrogens (tertiary/aromatic N) is 1. The van der Waals surface area contributed by atoms with Gasteiger partial charge in [-0.3, -0.25) is 4.98 Å². The lowest BCUT2D eigenvalue weighted by molar-refractivity contribution is 0.628. The fraction of sp³-hybridized carbons (Fsp3) is 0. The van der Waals surface area contributed by atoms with Crippen molar-refractivity contribution in [3.05, 3.63) is 59.6 Å². The van der Waals surface area contributed by atoms with E-state index in [2.05, 4.69) is 4.98 Å². The third-order valence-electron chi connectivity index (χ3n) is 3.07. The molecule has 0 aliphatic heterocycles. The summed E-state index contributed by atoms with van der Waals surface area (Å²) in [4.78, 5) is 4.07. The van der Waals surface area contributed by atoms with Crippen molar-refractivity contribution in [3.63, 3.8) is 0 Å². The number of hydrogen-bond acceptors (Lipinski definition) is 2. The van der Waals surface area contributed by atoms with Gasteiger partial charge in [-0.15, -0.1) is 0 Å². The monoisotopic (exact) mass is 272 g/mol. The van der Waals surface area contributed by atoms with Crippen LogP contribution in [0.25, 0.3) is 21.9 Å². The molecule has 0 aliphatic rings. The molecule has 2 N–H and O–H groups in total. The number of hydrogen-bond donors (Lipinski definition) is 1. The summed E-state index contributed by atoms with van der Waals surface area (Å²) in [7, 11) is 0. The average Bonchev–Trinajstić information content (AvgIpc) is 2.42. The van der Waals surface area contributed by atoms with E-state index >= 15 is 0 Å². The lowest BCUT2D eigenvalue weighted by Crippen LogP contribution is -1.94. The zero-order chi connectivity index (χ0) is 13.4. The molecule has 4 heteroatoms. The summed E-state index contributed by atoms with van der Waals surface area (Å²) in [6, 6.07) is 10.2. The first kappa shape index (κ1) is 11.9. The van der Waals surface area contributed by atoms with Crippen molar-refractivity contribution in [3.8, 4) is 11.1 Å². The van der Waals surface area contributed by atoms with Crippen LogP contribution in [0.3, 0.4) is 0 Å². The lowest BCUT2D eigenvalue weighted by Gasteiger charge is -2.10. The zero-order valence-corrected chi connectivity index (χ0v) is 10.7. The molecule has 0 bridgehead atoms. The van der Waals surface area contributed by atoms with E-state index in [4.69, 9.17) is 17.3 Å². The Hall–Kier alpha value is -2.13. The maximum absolute atomic E-state index is 13.5. The van der Waals surface area contributed by atoms with Crippen molar-refractivity contribution in [2.75, 3.05) is 5.73 Å². The van der Waals surface area contributed by atoms with Crippen molar-refractivity contribution in [2.45, 2.75) is 0 Å². The van der Waals surface area contributed by atoms with E-state index in [1.165, 1.54) is 12.1 Å². The van der Waals surface area contributed by atoms with Crippen LogP contribution in [0.4, 0.5) is 10.1 Å². The number of rotatable bonds is 1. The number of anilines is 1. The number of nitrogens with two attached hydrogens (primary N) is 1. The minimum absolute atomic E-state index is 0.223. The van der Waals surface area contributed by atoms with Crippen molar-refractivity contribution < 1.29 is 4.39 Å². The summed E-state index contributed by atoms with van der Waals surface area (Å²) in [5.41, 5.74) is 7.79. The average molecular weight is 273 g/mol. The van der Waals surface area contributed by atoms with Crippen LogP contribution in [0, 0.1) is 5.82 Å². The quantitative estimate of drug-likeness (QED) is 0.672. The summed E-state index contributed by atoms with van der Waals surface area (Å²) in [5.74, 6) is -0.403. The molecule has 2 aromatic carbocycles. The fourth-order valence-corrected chi connectivity index (χ4v) is 2.37. The minimum Gasteiger partial charge on any atom is -0.397 e. The highest BCUT2D eigenvalue weighted by Crippen LogP contribution is 2.36. The molecule has 0 saturated heterocycles. The maximum atomic E-state index is 13.5. The molecule has 0 fully saturated rings. The van der Waals surface area contributed by atoms with Gasteiger partial charge >= 0.3 is 0 Å². The van der Waals surface area contributed by atoms with Crippen LogP contribution >= 0.6 is 11.6 Å². The molecule has 1 heterocycles. The second-order valence-electron chi connectivity index (χ2n) is 4.25. The normalized spacial score (nSPS) is 10.8. The molecule has 0 saturated carbocycles. The Bertz CT molecular complexity index is 766. The van der Waals surface area contributed by atoms with E-state index in [9.17, 15) is 4.39 Å². The Balaban J connectivity index is 2.37.